The van der Waals surface area contributed by atoms with Gasteiger partial charge in [0.15, 0.2) is 0 Å². The SMILES string of the molecule is CC(C=CC=C(C)C=CC1C(C)(C)CC(O)C2OC21C)=CC=CC=C(C)C=CC=C(C)C=CC12OC(CC1(C)C)CC2(C)O. The number of epoxide rings is 1. The van der Waals surface area contributed by atoms with Crippen LogP contribution in [0.2, 0.25) is 0 Å². The van der Waals surface area contributed by atoms with Crippen molar-refractivity contribution in [2.24, 2.45) is 16.7 Å². The van der Waals surface area contributed by atoms with E-state index in [1.54, 1.807) is 0 Å². The Morgan fingerprint density at radius 3 is 1.73 bits per heavy atom. The lowest BCUT2D eigenvalue weighted by atomic mass is 9.61. The topological polar surface area (TPSA) is 62.2 Å². The molecule has 2 N–H and O–H groups in total. The van der Waals surface area contributed by atoms with Crippen LogP contribution < -0.4 is 0 Å². The molecule has 0 aromatic rings. The minimum atomic E-state index is -0.846. The van der Waals surface area contributed by atoms with Crippen LogP contribution in [0, 0.1) is 16.7 Å². The van der Waals surface area contributed by atoms with Gasteiger partial charge in [0, 0.05) is 17.8 Å². The van der Waals surface area contributed by atoms with Crippen LogP contribution in [0.25, 0.3) is 0 Å². The minimum absolute atomic E-state index is 0.000651. The highest BCUT2D eigenvalue weighted by molar-refractivity contribution is 5.34. The van der Waals surface area contributed by atoms with Gasteiger partial charge in [0.1, 0.15) is 17.3 Å². The molecule has 3 heterocycles. The molecule has 240 valence electrons. The molecule has 44 heavy (non-hydrogen) atoms. The third-order valence-corrected chi connectivity index (χ3v) is 10.4. The Hall–Kier alpha value is -2.50. The van der Waals surface area contributed by atoms with Gasteiger partial charge < -0.3 is 19.7 Å². The quantitative estimate of drug-likeness (QED) is 0.194. The fourth-order valence-corrected chi connectivity index (χ4v) is 7.98. The third-order valence-electron chi connectivity index (χ3n) is 10.4. The van der Waals surface area contributed by atoms with Crippen molar-refractivity contribution in [3.63, 3.8) is 0 Å². The average Bonchev–Trinajstić information content (AvgIpc) is 3.43. The molecule has 1 saturated carbocycles. The maximum absolute atomic E-state index is 11.1. The molecule has 0 radical (unpaired) electrons. The maximum Gasteiger partial charge on any atom is 0.120 e. The second-order valence-electron chi connectivity index (χ2n) is 15.4. The average molecular weight is 601 g/mol. The van der Waals surface area contributed by atoms with E-state index >= 15 is 0 Å². The van der Waals surface area contributed by atoms with Gasteiger partial charge in [0.25, 0.3) is 0 Å². The van der Waals surface area contributed by atoms with E-state index in [0.29, 0.717) is 6.42 Å². The van der Waals surface area contributed by atoms with Crippen molar-refractivity contribution in [2.75, 3.05) is 0 Å². The summed E-state index contributed by atoms with van der Waals surface area (Å²) in [6.45, 7) is 21.3. The standard InChI is InChI=1S/C40H56O4/c1-28(17-13-19-30(3)21-22-34-36(5,6)27-33(41)35-39(34,10)44-35)15-11-12-16-29(2)18-14-20-31(4)23-24-40-37(7,8)25-32(43-40)26-38(40,9)42/h11-24,32-35,41-42H,25-27H2,1-10H3. The highest BCUT2D eigenvalue weighted by atomic mass is 16.6. The van der Waals surface area contributed by atoms with Crippen molar-refractivity contribution in [1.29, 1.82) is 0 Å². The van der Waals surface area contributed by atoms with Crippen LogP contribution in [0.1, 0.15) is 88.5 Å². The molecule has 4 nitrogen and oxygen atoms in total. The van der Waals surface area contributed by atoms with Gasteiger partial charge in [-0.25, -0.2) is 0 Å². The zero-order chi connectivity index (χ0) is 32.6. The van der Waals surface area contributed by atoms with E-state index in [0.717, 1.165) is 24.0 Å². The smallest absolute Gasteiger partial charge is 0.120 e. The number of hydrogen-bond acceptors (Lipinski definition) is 4. The van der Waals surface area contributed by atoms with E-state index in [2.05, 4.69) is 147 Å². The Labute approximate surface area is 267 Å². The van der Waals surface area contributed by atoms with Crippen molar-refractivity contribution in [1.82, 2.24) is 0 Å². The number of aliphatic hydroxyl groups is 2. The van der Waals surface area contributed by atoms with Gasteiger partial charge in [0.2, 0.25) is 0 Å². The molecule has 7 atom stereocenters. The van der Waals surface area contributed by atoms with Crippen molar-refractivity contribution < 1.29 is 19.7 Å². The first-order valence-corrected chi connectivity index (χ1v) is 16.3. The maximum atomic E-state index is 11.1. The van der Waals surface area contributed by atoms with E-state index in [1.807, 2.05) is 6.92 Å². The van der Waals surface area contributed by atoms with E-state index in [4.69, 9.17) is 9.47 Å². The molecule has 0 spiro atoms. The lowest BCUT2D eigenvalue weighted by Crippen LogP contribution is -2.56. The summed E-state index contributed by atoms with van der Waals surface area (Å²) in [6.07, 6.45) is 31.7. The molecule has 1 aliphatic carbocycles. The van der Waals surface area contributed by atoms with Crippen LogP contribution >= 0.6 is 0 Å². The molecule has 0 aromatic carbocycles. The van der Waals surface area contributed by atoms with Gasteiger partial charge in [-0.3, -0.25) is 0 Å². The van der Waals surface area contributed by atoms with Gasteiger partial charge >= 0.3 is 0 Å². The van der Waals surface area contributed by atoms with Crippen LogP contribution in [0.15, 0.2) is 107 Å². The zero-order valence-electron chi connectivity index (χ0n) is 28.7. The fourth-order valence-electron chi connectivity index (χ4n) is 7.98. The Morgan fingerprint density at radius 2 is 1.18 bits per heavy atom. The number of fused-ring (bicyclic) bond motifs is 3. The van der Waals surface area contributed by atoms with E-state index in [9.17, 15) is 10.2 Å². The van der Waals surface area contributed by atoms with E-state index < -0.39 is 11.2 Å². The summed E-state index contributed by atoms with van der Waals surface area (Å²) in [5, 5.41) is 21.4. The van der Waals surface area contributed by atoms with Gasteiger partial charge in [-0.05, 0) is 65.9 Å². The second-order valence-corrected chi connectivity index (χ2v) is 15.4. The summed E-state index contributed by atoms with van der Waals surface area (Å²) in [7, 11) is 0. The minimum Gasteiger partial charge on any atom is -0.390 e. The molecular weight excluding hydrogens is 544 g/mol. The number of aliphatic hydroxyl groups excluding tert-OH is 1. The van der Waals surface area contributed by atoms with Crippen molar-refractivity contribution in [3.05, 3.63) is 107 Å². The van der Waals surface area contributed by atoms with E-state index in [-0.39, 0.29) is 40.7 Å². The summed E-state index contributed by atoms with van der Waals surface area (Å²) < 4.78 is 12.2. The lowest BCUT2D eigenvalue weighted by molar-refractivity contribution is -0.115. The number of ether oxygens (including phenoxy) is 2. The summed E-state index contributed by atoms with van der Waals surface area (Å²) in [6, 6.07) is 0. The molecular formula is C40H56O4. The Kier molecular flexibility index (Phi) is 9.93. The predicted octanol–water partition coefficient (Wildman–Crippen LogP) is 8.83. The molecule has 4 rings (SSSR count). The second kappa shape index (κ2) is 12.7. The molecule has 7 unspecified atom stereocenters. The van der Waals surface area contributed by atoms with Crippen LogP contribution in [0.5, 0.6) is 0 Å². The normalized spacial score (nSPS) is 39.2. The Bertz CT molecular complexity index is 1330. The molecule has 0 amide bonds. The highest BCUT2D eigenvalue weighted by Gasteiger charge is 2.68. The van der Waals surface area contributed by atoms with Gasteiger partial charge in [0.05, 0.1) is 17.8 Å². The Balaban J connectivity index is 1.26. The zero-order valence-corrected chi connectivity index (χ0v) is 28.7. The van der Waals surface area contributed by atoms with Crippen molar-refractivity contribution in [2.45, 2.75) is 124 Å². The summed E-state index contributed by atoms with van der Waals surface area (Å²) in [5.41, 5.74) is 2.81. The number of allylic oxidation sites excluding steroid dienone is 16. The molecule has 4 aliphatic rings. The van der Waals surface area contributed by atoms with E-state index in [1.165, 1.54) is 11.1 Å². The molecule has 4 heteroatoms. The fraction of sp³-hybridized carbons (Fsp3) is 0.550. The van der Waals surface area contributed by atoms with Crippen LogP contribution in [0.4, 0.5) is 0 Å². The van der Waals surface area contributed by atoms with Crippen LogP contribution in [-0.2, 0) is 9.47 Å². The molecule has 2 bridgehead atoms. The summed E-state index contributed by atoms with van der Waals surface area (Å²) >= 11 is 0. The molecule has 4 fully saturated rings. The first-order valence-electron chi connectivity index (χ1n) is 16.3. The third kappa shape index (κ3) is 7.15. The highest BCUT2D eigenvalue weighted by Crippen LogP contribution is 2.61. The lowest BCUT2D eigenvalue weighted by Gasteiger charge is -2.46. The van der Waals surface area contributed by atoms with Crippen LogP contribution in [-0.4, -0.2) is 45.3 Å². The first-order chi connectivity index (χ1) is 20.4. The monoisotopic (exact) mass is 600 g/mol. The van der Waals surface area contributed by atoms with Gasteiger partial charge in [-0.2, -0.15) is 0 Å². The van der Waals surface area contributed by atoms with Crippen molar-refractivity contribution >= 4 is 0 Å². The predicted molar refractivity (Wildman–Crippen MR) is 183 cm³/mol. The van der Waals surface area contributed by atoms with Gasteiger partial charge in [-0.1, -0.05) is 129 Å². The summed E-state index contributed by atoms with van der Waals surface area (Å²) in [4.78, 5) is 0. The van der Waals surface area contributed by atoms with Gasteiger partial charge in [-0.15, -0.1) is 0 Å². The molecule has 0 aromatic heterocycles. The molecule has 3 aliphatic heterocycles. The van der Waals surface area contributed by atoms with Crippen molar-refractivity contribution in [3.8, 4) is 0 Å². The number of hydrogen-bond donors (Lipinski definition) is 2. The Morgan fingerprint density at radius 1 is 0.659 bits per heavy atom. The largest absolute Gasteiger partial charge is 0.390 e. The summed E-state index contributed by atoms with van der Waals surface area (Å²) in [5.74, 6) is 0.281. The number of rotatable bonds is 10. The first kappa shape index (κ1) is 34.4. The molecule has 3 saturated heterocycles. The van der Waals surface area contributed by atoms with Crippen LogP contribution in [0.3, 0.4) is 0 Å².